The molecule has 0 atom stereocenters. The van der Waals surface area contributed by atoms with Gasteiger partial charge in [0.25, 0.3) is 0 Å². The summed E-state index contributed by atoms with van der Waals surface area (Å²) in [5.41, 5.74) is 7.03. The number of allylic oxidation sites excluding steroid dienone is 2. The van der Waals surface area contributed by atoms with Crippen LogP contribution in [0, 0.1) is 16.9 Å². The molecule has 5 rings (SSSR count). The first-order valence-corrected chi connectivity index (χ1v) is 11.7. The zero-order valence-electron chi connectivity index (χ0n) is 21.2. The molecule has 0 fully saturated rings. The quantitative estimate of drug-likeness (QED) is 0.138. The van der Waals surface area contributed by atoms with Crippen LogP contribution in [-0.2, 0) is 37.7 Å². The van der Waals surface area contributed by atoms with Crippen molar-refractivity contribution >= 4 is 27.7 Å². The van der Waals surface area contributed by atoms with Crippen molar-refractivity contribution in [2.24, 2.45) is 10.8 Å². The van der Waals surface area contributed by atoms with Crippen LogP contribution in [0.25, 0.3) is 33.2 Å². The standard InChI is InChI=1S/C25H24NO.C5H8O2.Ir/c1-24(2)14-17-10-11-18-19-12-13-26-21(16-8-6-5-7-9-16)23(19)27-22(18)20(17)15-25(24,3)4;1-4(6)3-5(2)7;/h5-8,10-13H,14-15H2,1-4H3;3,6H,1-2H3;/q-1;;/b;4-3-;. The predicted octanol–water partition coefficient (Wildman–Crippen LogP) is 7.63. The maximum absolute atomic E-state index is 10.0. The molecule has 185 valence electrons. The van der Waals surface area contributed by atoms with Gasteiger partial charge in [0, 0.05) is 48.8 Å². The van der Waals surface area contributed by atoms with Crippen molar-refractivity contribution in [1.82, 2.24) is 4.98 Å². The van der Waals surface area contributed by atoms with Crippen LogP contribution in [0.3, 0.4) is 0 Å². The average Bonchev–Trinajstić information content (AvgIpc) is 3.14. The molecule has 2 heterocycles. The van der Waals surface area contributed by atoms with Gasteiger partial charge in [-0.1, -0.05) is 39.8 Å². The number of aromatic nitrogens is 1. The number of pyridine rings is 1. The van der Waals surface area contributed by atoms with Gasteiger partial charge in [0.05, 0.1) is 5.76 Å². The fourth-order valence-corrected chi connectivity index (χ4v) is 4.65. The van der Waals surface area contributed by atoms with E-state index in [1.54, 1.807) is 0 Å². The van der Waals surface area contributed by atoms with Crippen LogP contribution < -0.4 is 0 Å². The Bertz CT molecular complexity index is 1390. The number of aliphatic hydroxyl groups is 1. The number of benzene rings is 2. The molecule has 0 saturated carbocycles. The Hall–Kier alpha value is -2.75. The van der Waals surface area contributed by atoms with Crippen LogP contribution in [0.15, 0.2) is 64.9 Å². The fraction of sp³-hybridized carbons (Fsp3) is 0.333. The van der Waals surface area contributed by atoms with Gasteiger partial charge >= 0.3 is 0 Å². The summed E-state index contributed by atoms with van der Waals surface area (Å²) in [6.07, 6.45) is 5.16. The predicted molar refractivity (Wildman–Crippen MR) is 138 cm³/mol. The van der Waals surface area contributed by atoms with Crippen LogP contribution in [0.1, 0.15) is 52.7 Å². The zero-order chi connectivity index (χ0) is 24.7. The number of hydrogen-bond donors (Lipinski definition) is 1. The van der Waals surface area contributed by atoms with Crippen molar-refractivity contribution < 1.29 is 34.4 Å². The molecule has 0 amide bonds. The molecule has 2 aromatic carbocycles. The number of furan rings is 1. The van der Waals surface area contributed by atoms with Gasteiger partial charge in [0.1, 0.15) is 11.2 Å². The van der Waals surface area contributed by atoms with Crippen LogP contribution in [0.2, 0.25) is 0 Å². The zero-order valence-corrected chi connectivity index (χ0v) is 23.5. The summed E-state index contributed by atoms with van der Waals surface area (Å²) >= 11 is 0. The minimum absolute atomic E-state index is 0. The third kappa shape index (κ3) is 5.27. The summed E-state index contributed by atoms with van der Waals surface area (Å²) in [5, 5.41) is 10.7. The number of rotatable bonds is 2. The molecule has 4 aromatic rings. The maximum atomic E-state index is 10.0. The first kappa shape index (κ1) is 26.8. The largest absolute Gasteiger partial charge is 0.512 e. The van der Waals surface area contributed by atoms with Crippen molar-refractivity contribution in [2.75, 3.05) is 0 Å². The van der Waals surface area contributed by atoms with Gasteiger partial charge < -0.3 is 14.5 Å². The van der Waals surface area contributed by atoms with E-state index < -0.39 is 0 Å². The van der Waals surface area contributed by atoms with E-state index in [9.17, 15) is 4.79 Å². The van der Waals surface area contributed by atoms with Gasteiger partial charge in [0.2, 0.25) is 0 Å². The Kier molecular flexibility index (Phi) is 7.74. The summed E-state index contributed by atoms with van der Waals surface area (Å²) in [7, 11) is 0. The number of hydrogen-bond acceptors (Lipinski definition) is 4. The van der Waals surface area contributed by atoms with E-state index in [0.717, 1.165) is 40.7 Å². The SMILES string of the molecule is CC(=O)/C=C(/C)O.CC1(C)Cc2ccc3c(oc4c(-c5[c-]cccc5)nccc43)c2CC1(C)C.[Ir]. The molecule has 35 heavy (non-hydrogen) atoms. The van der Waals surface area contributed by atoms with E-state index in [4.69, 9.17) is 9.52 Å². The molecule has 0 bridgehead atoms. The van der Waals surface area contributed by atoms with E-state index in [-0.39, 0.29) is 42.5 Å². The van der Waals surface area contributed by atoms with Gasteiger partial charge in [-0.25, -0.2) is 0 Å². The van der Waals surface area contributed by atoms with Crippen molar-refractivity contribution in [3.8, 4) is 11.3 Å². The van der Waals surface area contributed by atoms with Crippen molar-refractivity contribution in [2.45, 2.75) is 54.4 Å². The number of aliphatic hydroxyl groups excluding tert-OH is 1. The molecular formula is C30H32IrNO3-. The Labute approximate surface area is 220 Å². The van der Waals surface area contributed by atoms with E-state index in [1.165, 1.54) is 36.4 Å². The second-order valence-electron chi connectivity index (χ2n) is 10.5. The van der Waals surface area contributed by atoms with E-state index >= 15 is 0 Å². The summed E-state index contributed by atoms with van der Waals surface area (Å²) in [6.45, 7) is 12.4. The molecular weight excluding hydrogens is 615 g/mol. The normalized spacial score (nSPS) is 16.1. The van der Waals surface area contributed by atoms with Gasteiger partial charge in [0.15, 0.2) is 5.78 Å². The van der Waals surface area contributed by atoms with Gasteiger partial charge in [-0.2, -0.15) is 0 Å². The van der Waals surface area contributed by atoms with E-state index in [2.05, 4.69) is 56.9 Å². The molecule has 5 heteroatoms. The first-order chi connectivity index (χ1) is 16.0. The minimum Gasteiger partial charge on any atom is -0.512 e. The molecule has 0 spiro atoms. The van der Waals surface area contributed by atoms with Gasteiger partial charge in [-0.15, -0.1) is 35.9 Å². The number of carbonyl (C=O) groups excluding carboxylic acids is 1. The van der Waals surface area contributed by atoms with Crippen LogP contribution >= 0.6 is 0 Å². The van der Waals surface area contributed by atoms with Crippen molar-refractivity contribution in [3.05, 3.63) is 77.7 Å². The second-order valence-corrected chi connectivity index (χ2v) is 10.5. The molecule has 1 aliphatic rings. The molecule has 1 N–H and O–H groups in total. The third-order valence-corrected chi connectivity index (χ3v) is 7.22. The van der Waals surface area contributed by atoms with Gasteiger partial charge in [-0.3, -0.25) is 4.79 Å². The molecule has 2 aromatic heterocycles. The number of carbonyl (C=O) groups is 1. The summed E-state index contributed by atoms with van der Waals surface area (Å²) in [6, 6.07) is 17.8. The monoisotopic (exact) mass is 647 g/mol. The Morgan fingerprint density at radius 1 is 1.00 bits per heavy atom. The molecule has 0 aliphatic heterocycles. The smallest absolute Gasteiger partial charge is 0.155 e. The van der Waals surface area contributed by atoms with Crippen molar-refractivity contribution in [3.63, 3.8) is 0 Å². The molecule has 1 aliphatic carbocycles. The Morgan fingerprint density at radius 3 is 2.29 bits per heavy atom. The van der Waals surface area contributed by atoms with Crippen LogP contribution in [-0.4, -0.2) is 15.9 Å². The maximum Gasteiger partial charge on any atom is 0.155 e. The third-order valence-electron chi connectivity index (χ3n) is 7.22. The molecule has 0 unspecified atom stereocenters. The summed E-state index contributed by atoms with van der Waals surface area (Å²) in [4.78, 5) is 14.6. The fourth-order valence-electron chi connectivity index (χ4n) is 4.65. The number of fused-ring (bicyclic) bond motifs is 5. The minimum atomic E-state index is -0.125. The average molecular weight is 647 g/mol. The van der Waals surface area contributed by atoms with E-state index in [0.29, 0.717) is 0 Å². The van der Waals surface area contributed by atoms with Gasteiger partial charge in [-0.05, 0) is 54.7 Å². The molecule has 0 saturated heterocycles. The van der Waals surface area contributed by atoms with Crippen LogP contribution in [0.4, 0.5) is 0 Å². The number of ketones is 1. The molecule has 4 nitrogen and oxygen atoms in total. The summed E-state index contributed by atoms with van der Waals surface area (Å²) in [5.74, 6) is -0.0625. The topological polar surface area (TPSA) is 63.3 Å². The Balaban J connectivity index is 0.000000378. The summed E-state index contributed by atoms with van der Waals surface area (Å²) < 4.78 is 6.52. The van der Waals surface area contributed by atoms with Crippen LogP contribution in [0.5, 0.6) is 0 Å². The Morgan fingerprint density at radius 2 is 1.69 bits per heavy atom. The van der Waals surface area contributed by atoms with E-state index in [1.807, 2.05) is 30.5 Å². The number of nitrogens with zero attached hydrogens (tertiary/aromatic N) is 1. The molecule has 1 radical (unpaired) electrons. The first-order valence-electron chi connectivity index (χ1n) is 11.7. The van der Waals surface area contributed by atoms with Crippen molar-refractivity contribution in [1.29, 1.82) is 0 Å². The second kappa shape index (κ2) is 10.1.